The maximum absolute atomic E-state index is 12.2. The molecule has 1 saturated heterocycles. The van der Waals surface area contributed by atoms with Crippen LogP contribution in [0.15, 0.2) is 34.7 Å². The molecule has 0 spiro atoms. The van der Waals surface area contributed by atoms with Crippen molar-refractivity contribution in [2.24, 2.45) is 5.41 Å². The highest BCUT2D eigenvalue weighted by molar-refractivity contribution is 5.85. The predicted octanol–water partition coefficient (Wildman–Crippen LogP) is 3.93. The molecule has 1 aliphatic rings. The highest BCUT2D eigenvalue weighted by Gasteiger charge is 2.27. The minimum atomic E-state index is 0. The lowest BCUT2D eigenvalue weighted by Gasteiger charge is -2.34. The van der Waals surface area contributed by atoms with Gasteiger partial charge in [-0.05, 0) is 38.3 Å². The van der Waals surface area contributed by atoms with Crippen LogP contribution in [-0.2, 0) is 11.2 Å². The van der Waals surface area contributed by atoms with E-state index >= 15 is 0 Å². The van der Waals surface area contributed by atoms with Crippen LogP contribution < -0.4 is 10.6 Å². The van der Waals surface area contributed by atoms with Crippen molar-refractivity contribution in [3.8, 4) is 11.3 Å². The number of aryl methyl sites for hydroxylation is 2. The minimum Gasteiger partial charge on any atom is -0.440 e. The third-order valence-corrected chi connectivity index (χ3v) is 4.97. The molecule has 27 heavy (non-hydrogen) atoms. The summed E-state index contributed by atoms with van der Waals surface area (Å²) in [5.41, 5.74) is 2.09. The number of nitrogens with one attached hydrogen (secondary N) is 2. The number of halogens is 2. The Balaban J connectivity index is 0.00000182. The molecule has 1 aliphatic heterocycles. The Hall–Kier alpha value is -1.56. The van der Waals surface area contributed by atoms with Crippen molar-refractivity contribution in [2.45, 2.75) is 39.5 Å². The zero-order valence-electron chi connectivity index (χ0n) is 15.9. The summed E-state index contributed by atoms with van der Waals surface area (Å²) < 4.78 is 5.87. The third-order valence-electron chi connectivity index (χ3n) is 4.97. The number of aromatic nitrogens is 1. The standard InChI is InChI=1S/C20H27N3O2.2ClH/c1-15-19(16-6-4-3-5-7-16)25-18(23-15)9-8-17(24)22-14-20(2)10-12-21-13-11-20;;/h3-7,21H,8-14H2,1-2H3,(H,22,24);2*1H. The first-order chi connectivity index (χ1) is 12.1. The summed E-state index contributed by atoms with van der Waals surface area (Å²) in [6.45, 7) is 6.99. The molecule has 0 radical (unpaired) electrons. The third kappa shape index (κ3) is 6.52. The number of carbonyl (C=O) groups is 1. The Morgan fingerprint density at radius 1 is 1.22 bits per heavy atom. The molecule has 0 saturated carbocycles. The zero-order valence-corrected chi connectivity index (χ0v) is 17.5. The van der Waals surface area contributed by atoms with Crippen molar-refractivity contribution in [2.75, 3.05) is 19.6 Å². The van der Waals surface area contributed by atoms with E-state index in [1.54, 1.807) is 0 Å². The number of benzene rings is 1. The van der Waals surface area contributed by atoms with Gasteiger partial charge < -0.3 is 15.1 Å². The van der Waals surface area contributed by atoms with Crippen LogP contribution in [0.3, 0.4) is 0 Å². The molecule has 150 valence electrons. The van der Waals surface area contributed by atoms with E-state index in [0.29, 0.717) is 18.7 Å². The van der Waals surface area contributed by atoms with E-state index in [9.17, 15) is 4.79 Å². The van der Waals surface area contributed by atoms with Crippen LogP contribution in [0.1, 0.15) is 37.8 Å². The normalized spacial score (nSPS) is 15.3. The summed E-state index contributed by atoms with van der Waals surface area (Å²) in [6, 6.07) is 9.94. The number of amides is 1. The molecule has 0 unspecified atom stereocenters. The highest BCUT2D eigenvalue weighted by atomic mass is 35.5. The van der Waals surface area contributed by atoms with Crippen LogP contribution in [-0.4, -0.2) is 30.5 Å². The molecule has 3 rings (SSSR count). The molecule has 2 heterocycles. The van der Waals surface area contributed by atoms with Crippen molar-refractivity contribution in [3.05, 3.63) is 41.9 Å². The van der Waals surface area contributed by atoms with Crippen LogP contribution in [0.5, 0.6) is 0 Å². The first kappa shape index (κ1) is 23.5. The lowest BCUT2D eigenvalue weighted by molar-refractivity contribution is -0.121. The first-order valence-electron chi connectivity index (χ1n) is 9.05. The Morgan fingerprint density at radius 2 is 1.89 bits per heavy atom. The lowest BCUT2D eigenvalue weighted by Crippen LogP contribution is -2.42. The van der Waals surface area contributed by atoms with Gasteiger partial charge in [0.25, 0.3) is 0 Å². The summed E-state index contributed by atoms with van der Waals surface area (Å²) in [4.78, 5) is 16.6. The number of rotatable bonds is 6. The summed E-state index contributed by atoms with van der Waals surface area (Å²) in [5.74, 6) is 1.48. The van der Waals surface area contributed by atoms with Crippen LogP contribution in [0.2, 0.25) is 0 Å². The maximum Gasteiger partial charge on any atom is 0.220 e. The van der Waals surface area contributed by atoms with Gasteiger partial charge >= 0.3 is 0 Å². The van der Waals surface area contributed by atoms with Gasteiger partial charge in [-0.1, -0.05) is 37.3 Å². The van der Waals surface area contributed by atoms with Gasteiger partial charge in [-0.3, -0.25) is 4.79 Å². The van der Waals surface area contributed by atoms with Gasteiger partial charge in [-0.25, -0.2) is 4.98 Å². The molecular weight excluding hydrogens is 385 g/mol. The van der Waals surface area contributed by atoms with E-state index in [4.69, 9.17) is 4.42 Å². The van der Waals surface area contributed by atoms with Gasteiger partial charge in [0.2, 0.25) is 5.91 Å². The van der Waals surface area contributed by atoms with Crippen LogP contribution in [0.4, 0.5) is 0 Å². The maximum atomic E-state index is 12.2. The molecular formula is C20H29Cl2N3O2. The number of oxazole rings is 1. The van der Waals surface area contributed by atoms with E-state index in [1.807, 2.05) is 37.3 Å². The second kappa shape index (κ2) is 10.7. The summed E-state index contributed by atoms with van der Waals surface area (Å²) in [5, 5.41) is 6.44. The highest BCUT2D eigenvalue weighted by Crippen LogP contribution is 2.27. The Labute approximate surface area is 173 Å². The zero-order chi connectivity index (χ0) is 17.7. The molecule has 0 atom stereocenters. The van der Waals surface area contributed by atoms with Gasteiger partial charge in [0.05, 0.1) is 5.69 Å². The fourth-order valence-electron chi connectivity index (χ4n) is 3.24. The molecule has 2 N–H and O–H groups in total. The first-order valence-corrected chi connectivity index (χ1v) is 9.05. The van der Waals surface area contributed by atoms with Crippen molar-refractivity contribution in [1.29, 1.82) is 0 Å². The monoisotopic (exact) mass is 413 g/mol. The van der Waals surface area contributed by atoms with E-state index in [-0.39, 0.29) is 36.1 Å². The van der Waals surface area contributed by atoms with E-state index in [0.717, 1.165) is 49.5 Å². The van der Waals surface area contributed by atoms with Crippen molar-refractivity contribution >= 4 is 30.7 Å². The fraction of sp³-hybridized carbons (Fsp3) is 0.500. The molecule has 1 fully saturated rings. The van der Waals surface area contributed by atoms with Gasteiger partial charge in [0.1, 0.15) is 0 Å². The Bertz CT molecular complexity index is 713. The number of nitrogens with zero attached hydrogens (tertiary/aromatic N) is 1. The van der Waals surface area contributed by atoms with E-state index in [1.165, 1.54) is 0 Å². The molecule has 5 nitrogen and oxygen atoms in total. The minimum absolute atomic E-state index is 0. The van der Waals surface area contributed by atoms with Crippen molar-refractivity contribution in [1.82, 2.24) is 15.6 Å². The molecule has 0 aliphatic carbocycles. The smallest absolute Gasteiger partial charge is 0.220 e. The second-order valence-corrected chi connectivity index (χ2v) is 7.23. The average molecular weight is 414 g/mol. The molecule has 0 bridgehead atoms. The van der Waals surface area contributed by atoms with Crippen molar-refractivity contribution < 1.29 is 9.21 Å². The molecule has 1 aromatic carbocycles. The summed E-state index contributed by atoms with van der Waals surface area (Å²) >= 11 is 0. The second-order valence-electron chi connectivity index (χ2n) is 7.23. The van der Waals surface area contributed by atoms with E-state index in [2.05, 4.69) is 22.5 Å². The molecule has 7 heteroatoms. The van der Waals surface area contributed by atoms with Gasteiger partial charge in [0.15, 0.2) is 11.7 Å². The largest absolute Gasteiger partial charge is 0.440 e. The molecule has 2 aromatic rings. The summed E-state index contributed by atoms with van der Waals surface area (Å²) in [7, 11) is 0. The lowest BCUT2D eigenvalue weighted by atomic mass is 9.81. The Kier molecular flexibility index (Phi) is 9.30. The van der Waals surface area contributed by atoms with Crippen molar-refractivity contribution in [3.63, 3.8) is 0 Å². The SMILES string of the molecule is Cc1nc(CCC(=O)NCC2(C)CCNCC2)oc1-c1ccccc1.Cl.Cl. The number of hydrogen-bond acceptors (Lipinski definition) is 4. The number of piperidine rings is 1. The van der Waals surface area contributed by atoms with Gasteiger partial charge in [-0.15, -0.1) is 24.8 Å². The number of hydrogen-bond donors (Lipinski definition) is 2. The number of carbonyl (C=O) groups excluding carboxylic acids is 1. The predicted molar refractivity (Wildman–Crippen MR) is 113 cm³/mol. The van der Waals surface area contributed by atoms with Gasteiger partial charge in [-0.2, -0.15) is 0 Å². The van der Waals surface area contributed by atoms with Crippen LogP contribution >= 0.6 is 24.8 Å². The molecule has 1 amide bonds. The van der Waals surface area contributed by atoms with Crippen LogP contribution in [0, 0.1) is 12.3 Å². The average Bonchev–Trinajstić information content (AvgIpc) is 3.00. The summed E-state index contributed by atoms with van der Waals surface area (Å²) in [6.07, 6.45) is 3.14. The Morgan fingerprint density at radius 3 is 2.56 bits per heavy atom. The topological polar surface area (TPSA) is 67.2 Å². The van der Waals surface area contributed by atoms with E-state index < -0.39 is 0 Å². The fourth-order valence-corrected chi connectivity index (χ4v) is 3.24. The molecule has 1 aromatic heterocycles. The van der Waals surface area contributed by atoms with Gasteiger partial charge in [0, 0.05) is 24.9 Å². The van der Waals surface area contributed by atoms with Crippen LogP contribution in [0.25, 0.3) is 11.3 Å². The quantitative estimate of drug-likeness (QED) is 0.752.